The molecule has 5 rings (SSSR count). The molecule has 4 aromatic rings. The molecule has 1 aliphatic rings. The van der Waals surface area contributed by atoms with Gasteiger partial charge >= 0.3 is 0 Å². The third kappa shape index (κ3) is 6.86. The molecule has 0 aliphatic carbocycles. The van der Waals surface area contributed by atoms with Crippen LogP contribution in [0.2, 0.25) is 0 Å². The van der Waals surface area contributed by atoms with Crippen molar-refractivity contribution in [2.24, 2.45) is 5.92 Å². The molecule has 2 aromatic carbocycles. The van der Waals surface area contributed by atoms with Crippen molar-refractivity contribution in [2.75, 3.05) is 42.9 Å². The van der Waals surface area contributed by atoms with E-state index in [2.05, 4.69) is 51.1 Å². The summed E-state index contributed by atoms with van der Waals surface area (Å²) in [6, 6.07) is 19.7. The number of pyridine rings is 1. The second-order valence-corrected chi connectivity index (χ2v) is 10.6. The molecular weight excluding hydrogens is 484 g/mol. The zero-order valence-corrected chi connectivity index (χ0v) is 23.0. The van der Waals surface area contributed by atoms with Crippen molar-refractivity contribution in [2.45, 2.75) is 27.2 Å². The standard InChI is InChI=1S/C32H36N6O/c1-23(2)22-37-15-17-38(18-16-37)29-10-8-28(9-11-29)35-32(39)25-7-6-24(3)27(19-25)20-31-34-14-12-30(36-31)26-5-4-13-33-21-26/h4-14,19,21,23H,15-18,20,22H2,1-3H3,(H,35,39). The Kier molecular flexibility index (Phi) is 8.27. The highest BCUT2D eigenvalue weighted by atomic mass is 16.1. The van der Waals surface area contributed by atoms with Crippen LogP contribution in [0.5, 0.6) is 0 Å². The summed E-state index contributed by atoms with van der Waals surface area (Å²) < 4.78 is 0. The van der Waals surface area contributed by atoms with Crippen LogP contribution < -0.4 is 10.2 Å². The van der Waals surface area contributed by atoms with E-state index in [9.17, 15) is 4.79 Å². The number of hydrogen-bond donors (Lipinski definition) is 1. The molecule has 1 N–H and O–H groups in total. The van der Waals surface area contributed by atoms with Crippen LogP contribution in [0.15, 0.2) is 79.3 Å². The predicted octanol–water partition coefficient (Wildman–Crippen LogP) is 5.47. The average Bonchev–Trinajstić information content (AvgIpc) is 2.95. The molecule has 39 heavy (non-hydrogen) atoms. The maximum Gasteiger partial charge on any atom is 0.255 e. The van der Waals surface area contributed by atoms with E-state index in [0.717, 1.165) is 60.8 Å². The molecule has 2 aromatic heterocycles. The lowest BCUT2D eigenvalue weighted by Crippen LogP contribution is -2.47. The van der Waals surface area contributed by atoms with E-state index in [1.165, 1.54) is 5.69 Å². The Balaban J connectivity index is 1.22. The largest absolute Gasteiger partial charge is 0.369 e. The molecule has 0 unspecified atom stereocenters. The zero-order valence-electron chi connectivity index (χ0n) is 23.0. The third-order valence-electron chi connectivity index (χ3n) is 7.11. The third-order valence-corrected chi connectivity index (χ3v) is 7.11. The van der Waals surface area contributed by atoms with Gasteiger partial charge in [-0.25, -0.2) is 9.97 Å². The van der Waals surface area contributed by atoms with Gasteiger partial charge in [0.25, 0.3) is 5.91 Å². The molecule has 0 saturated carbocycles. The molecule has 200 valence electrons. The summed E-state index contributed by atoms with van der Waals surface area (Å²) in [5.74, 6) is 1.27. The molecule has 1 aliphatic heterocycles. The molecule has 0 spiro atoms. The highest BCUT2D eigenvalue weighted by molar-refractivity contribution is 6.04. The molecule has 0 bridgehead atoms. The fraction of sp³-hybridized carbons (Fsp3) is 0.312. The Morgan fingerprint density at radius 2 is 1.77 bits per heavy atom. The highest BCUT2D eigenvalue weighted by Gasteiger charge is 2.18. The van der Waals surface area contributed by atoms with E-state index in [0.29, 0.717) is 23.7 Å². The lowest BCUT2D eigenvalue weighted by Gasteiger charge is -2.36. The number of benzene rings is 2. The first kappa shape index (κ1) is 26.5. The van der Waals surface area contributed by atoms with Crippen LogP contribution in [0.1, 0.15) is 41.2 Å². The van der Waals surface area contributed by atoms with Crippen LogP contribution in [0, 0.1) is 12.8 Å². The molecule has 1 fully saturated rings. The van der Waals surface area contributed by atoms with Gasteiger partial charge in [-0.1, -0.05) is 19.9 Å². The maximum absolute atomic E-state index is 13.1. The number of aromatic nitrogens is 3. The van der Waals surface area contributed by atoms with E-state index >= 15 is 0 Å². The normalized spacial score (nSPS) is 14.0. The van der Waals surface area contributed by atoms with Crippen molar-refractivity contribution in [1.29, 1.82) is 0 Å². The van der Waals surface area contributed by atoms with E-state index in [-0.39, 0.29) is 5.91 Å². The van der Waals surface area contributed by atoms with Crippen molar-refractivity contribution in [1.82, 2.24) is 19.9 Å². The van der Waals surface area contributed by atoms with Crippen molar-refractivity contribution in [3.8, 4) is 11.3 Å². The first-order valence-corrected chi connectivity index (χ1v) is 13.6. The number of hydrogen-bond acceptors (Lipinski definition) is 6. The van der Waals surface area contributed by atoms with Crippen LogP contribution in [-0.4, -0.2) is 58.5 Å². The number of rotatable bonds is 8. The summed E-state index contributed by atoms with van der Waals surface area (Å²) in [6.45, 7) is 12.0. The van der Waals surface area contributed by atoms with Crippen molar-refractivity contribution < 1.29 is 4.79 Å². The second kappa shape index (κ2) is 12.2. The summed E-state index contributed by atoms with van der Waals surface area (Å²) in [5, 5.41) is 3.05. The average molecular weight is 521 g/mol. The zero-order chi connectivity index (χ0) is 27.2. The Hall–Kier alpha value is -4.10. The number of nitrogens with one attached hydrogen (secondary N) is 1. The van der Waals surface area contributed by atoms with Crippen LogP contribution in [0.3, 0.4) is 0 Å². The monoisotopic (exact) mass is 520 g/mol. The molecule has 3 heterocycles. The van der Waals surface area contributed by atoms with Gasteiger partial charge in [0.1, 0.15) is 5.82 Å². The molecule has 0 radical (unpaired) electrons. The summed E-state index contributed by atoms with van der Waals surface area (Å²) >= 11 is 0. The Labute approximate surface area is 231 Å². The van der Waals surface area contributed by atoms with Gasteiger partial charge in [-0.3, -0.25) is 14.7 Å². The molecule has 7 heteroatoms. The lowest BCUT2D eigenvalue weighted by atomic mass is 10.0. The van der Waals surface area contributed by atoms with Crippen LogP contribution in [-0.2, 0) is 6.42 Å². The Morgan fingerprint density at radius 3 is 2.49 bits per heavy atom. The van der Waals surface area contributed by atoms with Gasteiger partial charge in [0.05, 0.1) is 5.69 Å². The first-order valence-electron chi connectivity index (χ1n) is 13.6. The second-order valence-electron chi connectivity index (χ2n) is 10.6. The fourth-order valence-corrected chi connectivity index (χ4v) is 5.00. The minimum Gasteiger partial charge on any atom is -0.369 e. The topological polar surface area (TPSA) is 74.2 Å². The highest BCUT2D eigenvalue weighted by Crippen LogP contribution is 2.22. The van der Waals surface area contributed by atoms with E-state index in [1.54, 1.807) is 18.6 Å². The lowest BCUT2D eigenvalue weighted by molar-refractivity contribution is 0.102. The number of carbonyl (C=O) groups excluding carboxylic acids is 1. The molecule has 7 nitrogen and oxygen atoms in total. The van der Waals surface area contributed by atoms with E-state index < -0.39 is 0 Å². The predicted molar refractivity (Wildman–Crippen MR) is 157 cm³/mol. The number of aryl methyl sites for hydroxylation is 1. The number of nitrogens with zero attached hydrogens (tertiary/aromatic N) is 5. The number of piperazine rings is 1. The molecule has 0 atom stereocenters. The van der Waals surface area contributed by atoms with Gasteiger partial charge in [-0.15, -0.1) is 0 Å². The van der Waals surface area contributed by atoms with Crippen LogP contribution >= 0.6 is 0 Å². The Morgan fingerprint density at radius 1 is 0.974 bits per heavy atom. The first-order chi connectivity index (χ1) is 18.9. The molecule has 1 amide bonds. The summed E-state index contributed by atoms with van der Waals surface area (Å²) in [5.41, 5.74) is 6.51. The van der Waals surface area contributed by atoms with Gasteiger partial charge in [0, 0.05) is 80.2 Å². The van der Waals surface area contributed by atoms with Crippen LogP contribution in [0.4, 0.5) is 11.4 Å². The number of anilines is 2. The minimum atomic E-state index is -0.128. The van der Waals surface area contributed by atoms with Gasteiger partial charge in [-0.2, -0.15) is 0 Å². The van der Waals surface area contributed by atoms with E-state index in [4.69, 9.17) is 4.98 Å². The van der Waals surface area contributed by atoms with E-state index in [1.807, 2.05) is 55.5 Å². The summed E-state index contributed by atoms with van der Waals surface area (Å²) in [6.07, 6.45) is 5.85. The smallest absolute Gasteiger partial charge is 0.255 e. The van der Waals surface area contributed by atoms with Crippen molar-refractivity contribution in [3.63, 3.8) is 0 Å². The molecule has 1 saturated heterocycles. The summed E-state index contributed by atoms with van der Waals surface area (Å²) in [7, 11) is 0. The fourth-order valence-electron chi connectivity index (χ4n) is 5.00. The van der Waals surface area contributed by atoms with Gasteiger partial charge in [-0.05, 0) is 78.6 Å². The SMILES string of the molecule is Cc1ccc(C(=O)Nc2ccc(N3CCN(CC(C)C)CC3)cc2)cc1Cc1nccc(-c2cccnc2)n1. The summed E-state index contributed by atoms with van der Waals surface area (Å²) in [4.78, 5) is 31.4. The Bertz CT molecular complexity index is 1400. The quantitative estimate of drug-likeness (QED) is 0.332. The molecular formula is C32H36N6O. The van der Waals surface area contributed by atoms with Gasteiger partial charge < -0.3 is 10.2 Å². The maximum atomic E-state index is 13.1. The number of carbonyl (C=O) groups is 1. The minimum absolute atomic E-state index is 0.128. The van der Waals surface area contributed by atoms with Crippen molar-refractivity contribution >= 4 is 17.3 Å². The van der Waals surface area contributed by atoms with Gasteiger partial charge in [0.2, 0.25) is 0 Å². The van der Waals surface area contributed by atoms with Crippen LogP contribution in [0.25, 0.3) is 11.3 Å². The van der Waals surface area contributed by atoms with Gasteiger partial charge in [0.15, 0.2) is 0 Å². The van der Waals surface area contributed by atoms with Crippen molar-refractivity contribution in [3.05, 3.63) is 102 Å². The number of amides is 1.